The highest BCUT2D eigenvalue weighted by molar-refractivity contribution is 5.86. The van der Waals surface area contributed by atoms with Crippen LogP contribution in [-0.4, -0.2) is 37.0 Å². The zero-order chi connectivity index (χ0) is 18.9. The number of hydrogen-bond donors (Lipinski definition) is 3. The van der Waals surface area contributed by atoms with Gasteiger partial charge >= 0.3 is 0 Å². The van der Waals surface area contributed by atoms with Gasteiger partial charge in [0.1, 0.15) is 11.8 Å². The fraction of sp³-hybridized carbons (Fsp3) is 0.263. The number of carbonyl (C=O) groups excluding carboxylic acids is 1. The van der Waals surface area contributed by atoms with Crippen molar-refractivity contribution < 1.29 is 19.4 Å². The first-order chi connectivity index (χ1) is 12.5. The normalized spacial score (nSPS) is 11.8. The summed E-state index contributed by atoms with van der Waals surface area (Å²) in [5.74, 6) is 0.887. The molecule has 0 fully saturated rings. The van der Waals surface area contributed by atoms with E-state index in [4.69, 9.17) is 9.47 Å². The van der Waals surface area contributed by atoms with Crippen LogP contribution in [0, 0.1) is 0 Å². The van der Waals surface area contributed by atoms with Gasteiger partial charge in [-0.05, 0) is 61.9 Å². The maximum Gasteiger partial charge on any atom is 0.262 e. The quantitative estimate of drug-likeness (QED) is 0.499. The number of nitrogens with zero attached hydrogens (tertiary/aromatic N) is 1. The third-order valence-electron chi connectivity index (χ3n) is 3.53. The number of hydrogen-bond acceptors (Lipinski definition) is 6. The zero-order valence-corrected chi connectivity index (χ0v) is 15.0. The van der Waals surface area contributed by atoms with E-state index in [0.29, 0.717) is 17.9 Å². The number of phenols is 1. The van der Waals surface area contributed by atoms with Crippen LogP contribution in [0.15, 0.2) is 47.6 Å². The van der Waals surface area contributed by atoms with Gasteiger partial charge in [-0.15, -0.1) is 0 Å². The number of methoxy groups -OCH3 is 1. The Morgan fingerprint density at radius 2 is 2.00 bits per heavy atom. The predicted octanol–water partition coefficient (Wildman–Crippen LogP) is 2.75. The summed E-state index contributed by atoms with van der Waals surface area (Å²) < 4.78 is 10.4. The maximum absolute atomic E-state index is 12.1. The van der Waals surface area contributed by atoms with Crippen molar-refractivity contribution in [3.8, 4) is 17.2 Å². The standard InChI is InChI=1S/C19H23N3O4/c1-4-26-16-8-6-15(7-9-16)21-13(2)19(24)22-20-12-14-5-10-17(23)18(11-14)25-3/h5-13,21,23H,4H2,1-3H3,(H,22,24). The SMILES string of the molecule is CCOc1ccc(NC(C)C(=O)NN=Cc2ccc(O)c(OC)c2)cc1. The average molecular weight is 357 g/mol. The smallest absolute Gasteiger partial charge is 0.262 e. The van der Waals surface area contributed by atoms with Crippen LogP contribution in [0.5, 0.6) is 17.2 Å². The molecule has 0 bridgehead atoms. The molecule has 0 aromatic heterocycles. The second-order valence-electron chi connectivity index (χ2n) is 5.49. The number of benzene rings is 2. The summed E-state index contributed by atoms with van der Waals surface area (Å²) in [6.07, 6.45) is 1.48. The Hall–Kier alpha value is -3.22. The molecule has 7 nitrogen and oxygen atoms in total. The molecule has 7 heteroatoms. The van der Waals surface area contributed by atoms with E-state index in [-0.39, 0.29) is 11.7 Å². The topological polar surface area (TPSA) is 92.2 Å². The number of aromatic hydroxyl groups is 1. The minimum atomic E-state index is -0.473. The van der Waals surface area contributed by atoms with Gasteiger partial charge in [-0.1, -0.05) is 0 Å². The fourth-order valence-electron chi connectivity index (χ4n) is 2.17. The molecular weight excluding hydrogens is 334 g/mol. The summed E-state index contributed by atoms with van der Waals surface area (Å²) in [7, 11) is 1.46. The Kier molecular flexibility index (Phi) is 6.84. The van der Waals surface area contributed by atoms with Crippen molar-refractivity contribution in [2.75, 3.05) is 19.0 Å². The molecule has 1 amide bonds. The van der Waals surface area contributed by atoms with Gasteiger partial charge < -0.3 is 19.9 Å². The summed E-state index contributed by atoms with van der Waals surface area (Å²) in [5.41, 5.74) is 3.97. The molecule has 2 aromatic rings. The maximum atomic E-state index is 12.1. The molecule has 0 aliphatic rings. The largest absolute Gasteiger partial charge is 0.504 e. The second-order valence-corrected chi connectivity index (χ2v) is 5.49. The van der Waals surface area contributed by atoms with Crippen LogP contribution in [0.4, 0.5) is 5.69 Å². The number of rotatable bonds is 8. The lowest BCUT2D eigenvalue weighted by Gasteiger charge is -2.14. The van der Waals surface area contributed by atoms with Crippen molar-refractivity contribution in [1.29, 1.82) is 0 Å². The molecule has 2 aromatic carbocycles. The van der Waals surface area contributed by atoms with Crippen LogP contribution in [-0.2, 0) is 4.79 Å². The monoisotopic (exact) mass is 357 g/mol. The Bertz CT molecular complexity index is 760. The number of phenolic OH excluding ortho intramolecular Hbond substituents is 1. The third kappa shape index (κ3) is 5.41. The molecule has 0 aliphatic heterocycles. The van der Waals surface area contributed by atoms with Gasteiger partial charge in [0.05, 0.1) is 19.9 Å². The van der Waals surface area contributed by atoms with Crippen molar-refractivity contribution in [3.63, 3.8) is 0 Å². The Morgan fingerprint density at radius 1 is 1.27 bits per heavy atom. The first-order valence-corrected chi connectivity index (χ1v) is 8.22. The molecule has 0 spiro atoms. The number of carbonyl (C=O) groups is 1. The summed E-state index contributed by atoms with van der Waals surface area (Å²) >= 11 is 0. The highest BCUT2D eigenvalue weighted by atomic mass is 16.5. The molecule has 2 rings (SSSR count). The summed E-state index contributed by atoms with van der Waals surface area (Å²) in [4.78, 5) is 12.1. The van der Waals surface area contributed by atoms with Gasteiger partial charge in [-0.2, -0.15) is 5.10 Å². The van der Waals surface area contributed by atoms with E-state index >= 15 is 0 Å². The van der Waals surface area contributed by atoms with Gasteiger partial charge in [0.2, 0.25) is 0 Å². The van der Waals surface area contributed by atoms with Crippen molar-refractivity contribution in [2.45, 2.75) is 19.9 Å². The molecule has 26 heavy (non-hydrogen) atoms. The molecule has 0 aliphatic carbocycles. The zero-order valence-electron chi connectivity index (χ0n) is 15.0. The Labute approximate surface area is 152 Å². The molecule has 0 saturated carbocycles. The van der Waals surface area contributed by atoms with Crippen LogP contribution in [0.3, 0.4) is 0 Å². The van der Waals surface area contributed by atoms with Crippen molar-refractivity contribution >= 4 is 17.8 Å². The van der Waals surface area contributed by atoms with E-state index in [1.165, 1.54) is 19.4 Å². The number of amides is 1. The van der Waals surface area contributed by atoms with E-state index in [9.17, 15) is 9.90 Å². The fourth-order valence-corrected chi connectivity index (χ4v) is 2.17. The van der Waals surface area contributed by atoms with Crippen LogP contribution < -0.4 is 20.2 Å². The molecule has 1 atom stereocenters. The average Bonchev–Trinajstić information content (AvgIpc) is 2.64. The van der Waals surface area contributed by atoms with Gasteiger partial charge in [0.25, 0.3) is 5.91 Å². The predicted molar refractivity (Wildman–Crippen MR) is 101 cm³/mol. The van der Waals surface area contributed by atoms with E-state index < -0.39 is 6.04 Å². The number of hydrazone groups is 1. The minimum Gasteiger partial charge on any atom is -0.504 e. The molecule has 3 N–H and O–H groups in total. The second kappa shape index (κ2) is 9.31. The van der Waals surface area contributed by atoms with Gasteiger partial charge in [-0.25, -0.2) is 5.43 Å². The molecule has 138 valence electrons. The van der Waals surface area contributed by atoms with Crippen LogP contribution >= 0.6 is 0 Å². The number of nitrogens with one attached hydrogen (secondary N) is 2. The summed E-state index contributed by atoms with van der Waals surface area (Å²) in [5, 5.41) is 16.6. The molecule has 0 heterocycles. The van der Waals surface area contributed by atoms with Crippen molar-refractivity contribution in [3.05, 3.63) is 48.0 Å². The summed E-state index contributed by atoms with van der Waals surface area (Å²) in [6, 6.07) is 11.7. The van der Waals surface area contributed by atoms with E-state index in [2.05, 4.69) is 15.8 Å². The first kappa shape index (κ1) is 19.1. The molecular formula is C19H23N3O4. The van der Waals surface area contributed by atoms with Crippen LogP contribution in [0.1, 0.15) is 19.4 Å². The lowest BCUT2D eigenvalue weighted by Crippen LogP contribution is -2.34. The minimum absolute atomic E-state index is 0.0434. The number of anilines is 1. The Balaban J connectivity index is 1.88. The lowest BCUT2D eigenvalue weighted by molar-refractivity contribution is -0.121. The first-order valence-electron chi connectivity index (χ1n) is 8.22. The van der Waals surface area contributed by atoms with Gasteiger partial charge in [0, 0.05) is 5.69 Å². The molecule has 1 unspecified atom stereocenters. The van der Waals surface area contributed by atoms with Crippen molar-refractivity contribution in [1.82, 2.24) is 5.43 Å². The highest BCUT2D eigenvalue weighted by Crippen LogP contribution is 2.25. The van der Waals surface area contributed by atoms with Crippen molar-refractivity contribution in [2.24, 2.45) is 5.10 Å². The molecule has 0 saturated heterocycles. The highest BCUT2D eigenvalue weighted by Gasteiger charge is 2.11. The molecule has 0 radical (unpaired) electrons. The van der Waals surface area contributed by atoms with E-state index in [1.54, 1.807) is 19.1 Å². The number of ether oxygens (including phenoxy) is 2. The van der Waals surface area contributed by atoms with Gasteiger partial charge in [0.15, 0.2) is 11.5 Å². The van der Waals surface area contributed by atoms with E-state index in [1.807, 2.05) is 31.2 Å². The Morgan fingerprint density at radius 3 is 2.65 bits per heavy atom. The van der Waals surface area contributed by atoms with Crippen LogP contribution in [0.25, 0.3) is 0 Å². The van der Waals surface area contributed by atoms with Gasteiger partial charge in [-0.3, -0.25) is 4.79 Å². The third-order valence-corrected chi connectivity index (χ3v) is 3.53. The van der Waals surface area contributed by atoms with Crippen LogP contribution in [0.2, 0.25) is 0 Å². The summed E-state index contributed by atoms with van der Waals surface area (Å²) in [6.45, 7) is 4.27. The van der Waals surface area contributed by atoms with E-state index in [0.717, 1.165) is 11.4 Å². The lowest BCUT2D eigenvalue weighted by atomic mass is 10.2.